The minimum absolute atomic E-state index is 0.0769. The van der Waals surface area contributed by atoms with E-state index < -0.39 is 22.7 Å². The summed E-state index contributed by atoms with van der Waals surface area (Å²) >= 11 is 5.98. The van der Waals surface area contributed by atoms with E-state index in [1.54, 1.807) is 18.5 Å². The summed E-state index contributed by atoms with van der Waals surface area (Å²) < 4.78 is 39.7. The minimum Gasteiger partial charge on any atom is -0.344 e. The van der Waals surface area contributed by atoms with E-state index in [1.807, 2.05) is 6.07 Å². The maximum Gasteiger partial charge on any atom is 0.417 e. The molecule has 0 spiro atoms. The van der Waals surface area contributed by atoms with Gasteiger partial charge < -0.3 is 5.32 Å². The molecule has 1 aromatic carbocycles. The fourth-order valence-corrected chi connectivity index (χ4v) is 5.08. The number of nitrogens with one attached hydrogen (secondary N) is 1. The van der Waals surface area contributed by atoms with Crippen molar-refractivity contribution in [1.82, 2.24) is 15.2 Å². The molecule has 30 heavy (non-hydrogen) atoms. The Hall–Kier alpha value is -2.12. The summed E-state index contributed by atoms with van der Waals surface area (Å²) in [6, 6.07) is 7.30. The lowest BCUT2D eigenvalue weighted by atomic mass is 9.97. The van der Waals surface area contributed by atoms with Crippen molar-refractivity contribution in [1.29, 1.82) is 0 Å². The second-order valence-electron chi connectivity index (χ2n) is 7.93. The third-order valence-corrected chi connectivity index (χ3v) is 6.57. The molecule has 3 atom stereocenters. The van der Waals surface area contributed by atoms with Gasteiger partial charge in [0.1, 0.15) is 0 Å². The second kappa shape index (κ2) is 8.55. The van der Waals surface area contributed by atoms with Crippen molar-refractivity contribution in [2.75, 3.05) is 6.54 Å². The Labute approximate surface area is 178 Å². The van der Waals surface area contributed by atoms with E-state index in [1.165, 1.54) is 18.6 Å². The molecule has 0 aliphatic carbocycles. The Morgan fingerprint density at radius 2 is 2.00 bits per heavy atom. The van der Waals surface area contributed by atoms with Crippen molar-refractivity contribution in [3.63, 3.8) is 0 Å². The summed E-state index contributed by atoms with van der Waals surface area (Å²) in [6.45, 7) is 0.965. The Morgan fingerprint density at radius 3 is 2.73 bits per heavy atom. The summed E-state index contributed by atoms with van der Waals surface area (Å²) in [5.41, 5.74) is -0.342. The predicted molar refractivity (Wildman–Crippen MR) is 108 cm³/mol. The number of benzene rings is 1. The Morgan fingerprint density at radius 1 is 1.17 bits per heavy atom. The van der Waals surface area contributed by atoms with Crippen LogP contribution in [0.15, 0.2) is 42.7 Å². The van der Waals surface area contributed by atoms with Crippen LogP contribution < -0.4 is 5.32 Å². The maximum atomic E-state index is 13.2. The van der Waals surface area contributed by atoms with E-state index >= 15 is 0 Å². The lowest BCUT2D eigenvalue weighted by molar-refractivity contribution is -0.137. The van der Waals surface area contributed by atoms with Crippen molar-refractivity contribution < 1.29 is 18.0 Å². The first kappa shape index (κ1) is 21.1. The van der Waals surface area contributed by atoms with Gasteiger partial charge in [0.25, 0.3) is 5.91 Å². The van der Waals surface area contributed by atoms with Gasteiger partial charge in [0.05, 0.1) is 22.2 Å². The number of fused-ring (bicyclic) bond motifs is 1. The van der Waals surface area contributed by atoms with Crippen LogP contribution in [0.1, 0.15) is 59.6 Å². The monoisotopic (exact) mass is 437 g/mol. The van der Waals surface area contributed by atoms with Crippen LogP contribution in [0.4, 0.5) is 13.2 Å². The molecule has 1 N–H and O–H groups in total. The zero-order chi connectivity index (χ0) is 21.3. The molecule has 160 valence electrons. The second-order valence-corrected chi connectivity index (χ2v) is 8.31. The molecule has 2 aliphatic heterocycles. The lowest BCUT2D eigenvalue weighted by Gasteiger charge is -2.38. The van der Waals surface area contributed by atoms with Crippen LogP contribution >= 0.6 is 11.6 Å². The van der Waals surface area contributed by atoms with Gasteiger partial charge in [-0.05, 0) is 56.0 Å². The van der Waals surface area contributed by atoms with Gasteiger partial charge in [-0.2, -0.15) is 13.2 Å². The van der Waals surface area contributed by atoms with E-state index in [0.717, 1.165) is 43.9 Å². The highest BCUT2D eigenvalue weighted by molar-refractivity contribution is 6.34. The summed E-state index contributed by atoms with van der Waals surface area (Å²) in [5, 5.41) is 2.40. The van der Waals surface area contributed by atoms with Crippen molar-refractivity contribution in [2.45, 2.75) is 56.4 Å². The van der Waals surface area contributed by atoms with Crippen LogP contribution in [-0.4, -0.2) is 34.4 Å². The molecule has 4 rings (SSSR count). The first-order valence-corrected chi connectivity index (χ1v) is 10.6. The highest BCUT2D eigenvalue weighted by Gasteiger charge is 2.41. The molecule has 0 saturated carbocycles. The first-order chi connectivity index (χ1) is 14.4. The van der Waals surface area contributed by atoms with Crippen molar-refractivity contribution in [3.05, 3.63) is 64.4 Å². The van der Waals surface area contributed by atoms with Crippen LogP contribution in [0.25, 0.3) is 0 Å². The molecule has 1 amide bonds. The quantitative estimate of drug-likeness (QED) is 0.711. The number of hydrogen-bond donors (Lipinski definition) is 1. The summed E-state index contributed by atoms with van der Waals surface area (Å²) in [7, 11) is 0. The summed E-state index contributed by atoms with van der Waals surface area (Å²) in [4.78, 5) is 19.7. The number of halogens is 4. The average Bonchev–Trinajstić information content (AvgIpc) is 3.15. The zero-order valence-electron chi connectivity index (χ0n) is 16.3. The number of carbonyl (C=O) groups is 1. The van der Waals surface area contributed by atoms with Crippen LogP contribution in [-0.2, 0) is 6.18 Å². The van der Waals surface area contributed by atoms with Crippen LogP contribution in [0, 0.1) is 0 Å². The van der Waals surface area contributed by atoms with Crippen molar-refractivity contribution in [3.8, 4) is 0 Å². The fraction of sp³-hybridized carbons (Fsp3) is 0.455. The molecule has 0 bridgehead atoms. The number of carbonyl (C=O) groups excluding carboxylic acids is 1. The smallest absolute Gasteiger partial charge is 0.344 e. The number of aromatic nitrogens is 1. The topological polar surface area (TPSA) is 45.2 Å². The number of pyridine rings is 1. The number of hydrogen-bond acceptors (Lipinski definition) is 3. The average molecular weight is 438 g/mol. The molecule has 1 aromatic heterocycles. The molecule has 4 nitrogen and oxygen atoms in total. The van der Waals surface area contributed by atoms with Crippen LogP contribution in [0.5, 0.6) is 0 Å². The first-order valence-electron chi connectivity index (χ1n) is 10.2. The highest BCUT2D eigenvalue weighted by Crippen LogP contribution is 2.39. The number of piperidine rings is 1. The van der Waals surface area contributed by atoms with Crippen molar-refractivity contribution >= 4 is 17.5 Å². The van der Waals surface area contributed by atoms with Gasteiger partial charge in [0.15, 0.2) is 0 Å². The molecule has 2 aliphatic rings. The van der Waals surface area contributed by atoms with Crippen LogP contribution in [0.2, 0.25) is 5.02 Å². The number of alkyl halides is 3. The van der Waals surface area contributed by atoms with E-state index in [2.05, 4.69) is 15.2 Å². The van der Waals surface area contributed by atoms with Gasteiger partial charge in [0.2, 0.25) is 0 Å². The fourth-order valence-electron chi connectivity index (χ4n) is 4.76. The van der Waals surface area contributed by atoms with Gasteiger partial charge in [-0.1, -0.05) is 30.2 Å². The zero-order valence-corrected chi connectivity index (χ0v) is 17.1. The number of nitrogens with zero attached hydrogens (tertiary/aromatic N) is 2. The molecule has 3 heterocycles. The third-order valence-electron chi connectivity index (χ3n) is 6.16. The molecule has 2 aromatic rings. The SMILES string of the molecule is O=C(NC(c1cccnc1)[C@@H]1CC[C@H]2CCCCN21)c1cccc(C(F)(F)F)c1Cl. The molecular formula is C22H23ClF3N3O. The summed E-state index contributed by atoms with van der Waals surface area (Å²) in [5.74, 6) is -0.611. The Kier molecular flexibility index (Phi) is 6.02. The van der Waals surface area contributed by atoms with E-state index in [4.69, 9.17) is 11.6 Å². The van der Waals surface area contributed by atoms with Gasteiger partial charge in [-0.25, -0.2) is 0 Å². The lowest BCUT2D eigenvalue weighted by Crippen LogP contribution is -2.47. The molecule has 8 heteroatoms. The Bertz CT molecular complexity index is 906. The standard InChI is InChI=1S/C22H23ClF3N3O/c23-19-16(7-3-8-17(19)22(24,25)26)21(30)28-20(14-5-4-11-27-13-14)18-10-9-15-6-1-2-12-29(15)18/h3-5,7-8,11,13,15,18,20H,1-2,6,9-10,12H2,(H,28,30)/t15-,18+,20?/m1/s1. The molecular weight excluding hydrogens is 415 g/mol. The largest absolute Gasteiger partial charge is 0.417 e. The van der Waals surface area contributed by atoms with Gasteiger partial charge in [0, 0.05) is 24.5 Å². The maximum absolute atomic E-state index is 13.2. The number of amides is 1. The molecule has 1 unspecified atom stereocenters. The number of rotatable bonds is 4. The van der Waals surface area contributed by atoms with Gasteiger partial charge in [-0.3, -0.25) is 14.7 Å². The van der Waals surface area contributed by atoms with Gasteiger partial charge in [-0.15, -0.1) is 0 Å². The molecule has 0 radical (unpaired) electrons. The normalized spacial score (nSPS) is 23.1. The van der Waals surface area contributed by atoms with E-state index in [9.17, 15) is 18.0 Å². The van der Waals surface area contributed by atoms with E-state index in [-0.39, 0.29) is 17.6 Å². The van der Waals surface area contributed by atoms with Gasteiger partial charge >= 0.3 is 6.18 Å². The summed E-state index contributed by atoms with van der Waals surface area (Å²) in [6.07, 6.45) is 4.17. The van der Waals surface area contributed by atoms with Crippen LogP contribution in [0.3, 0.4) is 0 Å². The molecule has 2 saturated heterocycles. The van der Waals surface area contributed by atoms with E-state index in [0.29, 0.717) is 6.04 Å². The predicted octanol–water partition coefficient (Wildman–Crippen LogP) is 5.24. The van der Waals surface area contributed by atoms with Crippen molar-refractivity contribution in [2.24, 2.45) is 0 Å². The third kappa shape index (κ3) is 4.18. The molecule has 2 fully saturated rings. The highest BCUT2D eigenvalue weighted by atomic mass is 35.5. The Balaban J connectivity index is 1.64. The minimum atomic E-state index is -4.62.